The molecule has 0 bridgehead atoms. The lowest BCUT2D eigenvalue weighted by Crippen LogP contribution is -2.01. The van der Waals surface area contributed by atoms with Gasteiger partial charge in [0.25, 0.3) is 0 Å². The van der Waals surface area contributed by atoms with E-state index >= 15 is 0 Å². The monoisotopic (exact) mass is 617 g/mol. The number of aromatic nitrogens is 1. The van der Waals surface area contributed by atoms with Gasteiger partial charge in [-0.15, -0.1) is 0 Å². The summed E-state index contributed by atoms with van der Waals surface area (Å²) in [5.41, 5.74) is 9.90. The highest BCUT2D eigenvalue weighted by Crippen LogP contribution is 2.46. The topological polar surface area (TPSA) is 12.9 Å². The molecule has 0 saturated heterocycles. The number of fused-ring (bicyclic) bond motifs is 3. The standard InChI is InChI=1S/C47H39N/c1-32-14-3-4-15-34(28-27-33(2)30-32)46-41-18-5-7-20-43(41)47(44-21-8-6-19-42(44)46)40-25-13-23-38-37(22-12-24-39(38)40)35-16-11-17-36(31-35)45-26-9-10-29-48-45/h3,5-14,16-31,33-34H,4,15H2,1-2H3/b14-3?,28-27-,32-30?. The molecule has 48 heavy (non-hydrogen) atoms. The minimum atomic E-state index is 0.318. The Morgan fingerprint density at radius 1 is 0.583 bits per heavy atom. The lowest BCUT2D eigenvalue weighted by molar-refractivity contribution is 0.749. The smallest absolute Gasteiger partial charge is 0.0702 e. The van der Waals surface area contributed by atoms with Crippen LogP contribution in [0.5, 0.6) is 0 Å². The number of benzene rings is 6. The van der Waals surface area contributed by atoms with Crippen LogP contribution in [0.2, 0.25) is 0 Å². The number of nitrogens with zero attached hydrogens (tertiary/aromatic N) is 1. The number of allylic oxidation sites excluding steroid dienone is 6. The Kier molecular flexibility index (Phi) is 8.04. The second kappa shape index (κ2) is 12.9. The van der Waals surface area contributed by atoms with E-state index in [0.717, 1.165) is 24.1 Å². The van der Waals surface area contributed by atoms with Gasteiger partial charge in [-0.25, -0.2) is 0 Å². The van der Waals surface area contributed by atoms with E-state index < -0.39 is 0 Å². The van der Waals surface area contributed by atoms with Crippen LogP contribution in [0.25, 0.3) is 65.8 Å². The van der Waals surface area contributed by atoms with E-state index in [1.165, 1.54) is 65.7 Å². The van der Waals surface area contributed by atoms with Crippen molar-refractivity contribution in [1.29, 1.82) is 0 Å². The Morgan fingerprint density at radius 3 is 1.94 bits per heavy atom. The summed E-state index contributed by atoms with van der Waals surface area (Å²) in [4.78, 5) is 4.61. The SMILES string of the molecule is CC1=CC(C)/C=C\C(c2c3ccccc3c(-c3cccc4c(-c5cccc(-c6ccccn6)c5)cccc34)c3ccccc23)CCC=C1. The number of rotatable bonds is 4. The molecule has 1 aliphatic carbocycles. The van der Waals surface area contributed by atoms with Crippen LogP contribution in [-0.4, -0.2) is 4.98 Å². The van der Waals surface area contributed by atoms with Gasteiger partial charge in [0.1, 0.15) is 0 Å². The van der Waals surface area contributed by atoms with Crippen molar-refractivity contribution in [1.82, 2.24) is 4.98 Å². The average Bonchev–Trinajstić information content (AvgIpc) is 3.13. The van der Waals surface area contributed by atoms with Gasteiger partial charge in [-0.3, -0.25) is 4.98 Å². The van der Waals surface area contributed by atoms with E-state index in [2.05, 4.69) is 164 Å². The lowest BCUT2D eigenvalue weighted by atomic mass is 9.80. The molecule has 1 heterocycles. The van der Waals surface area contributed by atoms with Gasteiger partial charge in [-0.2, -0.15) is 0 Å². The van der Waals surface area contributed by atoms with Crippen LogP contribution in [0.3, 0.4) is 0 Å². The van der Waals surface area contributed by atoms with Gasteiger partial charge in [-0.05, 0) is 104 Å². The summed E-state index contributed by atoms with van der Waals surface area (Å²) in [7, 11) is 0. The number of hydrogen-bond donors (Lipinski definition) is 0. The van der Waals surface area contributed by atoms with Gasteiger partial charge in [0, 0.05) is 17.7 Å². The first-order valence-corrected chi connectivity index (χ1v) is 17.2. The molecule has 1 nitrogen and oxygen atoms in total. The second-order valence-corrected chi connectivity index (χ2v) is 13.1. The fraction of sp³-hybridized carbons (Fsp3) is 0.128. The molecule has 0 saturated carbocycles. The zero-order valence-corrected chi connectivity index (χ0v) is 27.6. The second-order valence-electron chi connectivity index (χ2n) is 13.1. The molecule has 8 rings (SSSR count). The molecule has 0 fully saturated rings. The van der Waals surface area contributed by atoms with E-state index in [-0.39, 0.29) is 0 Å². The molecule has 2 unspecified atom stereocenters. The molecule has 2 atom stereocenters. The van der Waals surface area contributed by atoms with Crippen LogP contribution in [0, 0.1) is 5.92 Å². The normalized spacial score (nSPS) is 17.4. The molecule has 0 spiro atoms. The van der Waals surface area contributed by atoms with Gasteiger partial charge < -0.3 is 0 Å². The summed E-state index contributed by atoms with van der Waals surface area (Å²) in [6.07, 6.45) is 15.9. The van der Waals surface area contributed by atoms with Crippen molar-refractivity contribution < 1.29 is 0 Å². The van der Waals surface area contributed by atoms with Crippen molar-refractivity contribution in [3.63, 3.8) is 0 Å². The van der Waals surface area contributed by atoms with Gasteiger partial charge in [0.05, 0.1) is 5.69 Å². The maximum absolute atomic E-state index is 4.61. The summed E-state index contributed by atoms with van der Waals surface area (Å²) in [5, 5.41) is 7.83. The van der Waals surface area contributed by atoms with Crippen LogP contribution in [0.15, 0.2) is 170 Å². The molecule has 0 N–H and O–H groups in total. The lowest BCUT2D eigenvalue weighted by Gasteiger charge is -2.23. The Bertz CT molecular complexity index is 2320. The van der Waals surface area contributed by atoms with Crippen molar-refractivity contribution in [2.75, 3.05) is 0 Å². The summed E-state index contributed by atoms with van der Waals surface area (Å²) in [5.74, 6) is 0.708. The van der Waals surface area contributed by atoms with E-state index in [4.69, 9.17) is 0 Å². The molecule has 1 heteroatoms. The number of pyridine rings is 1. The van der Waals surface area contributed by atoms with Crippen LogP contribution in [0.4, 0.5) is 0 Å². The van der Waals surface area contributed by atoms with Crippen LogP contribution < -0.4 is 0 Å². The van der Waals surface area contributed by atoms with Gasteiger partial charge in [-0.1, -0.05) is 152 Å². The molecular weight excluding hydrogens is 579 g/mol. The Hall–Kier alpha value is -5.53. The van der Waals surface area contributed by atoms with Crippen molar-refractivity contribution >= 4 is 32.3 Å². The average molecular weight is 618 g/mol. The summed E-state index contributed by atoms with van der Waals surface area (Å²) < 4.78 is 0. The van der Waals surface area contributed by atoms with Crippen molar-refractivity contribution in [3.05, 3.63) is 175 Å². The largest absolute Gasteiger partial charge is 0.256 e. The Labute approximate surface area is 283 Å². The summed E-state index contributed by atoms with van der Waals surface area (Å²) in [6, 6.07) is 46.6. The molecule has 7 aromatic rings. The first-order chi connectivity index (χ1) is 23.7. The summed E-state index contributed by atoms with van der Waals surface area (Å²) >= 11 is 0. The van der Waals surface area contributed by atoms with E-state index in [0.29, 0.717) is 11.8 Å². The highest BCUT2D eigenvalue weighted by atomic mass is 14.7. The zero-order chi connectivity index (χ0) is 32.5. The van der Waals surface area contributed by atoms with Crippen LogP contribution in [0.1, 0.15) is 38.2 Å². The highest BCUT2D eigenvalue weighted by molar-refractivity contribution is 6.19. The zero-order valence-electron chi connectivity index (χ0n) is 27.6. The third-order valence-electron chi connectivity index (χ3n) is 9.87. The molecule has 6 aromatic carbocycles. The van der Waals surface area contributed by atoms with Gasteiger partial charge in [0.15, 0.2) is 0 Å². The van der Waals surface area contributed by atoms with Gasteiger partial charge in [0.2, 0.25) is 0 Å². The first-order valence-electron chi connectivity index (χ1n) is 17.2. The molecule has 1 aromatic heterocycles. The third-order valence-corrected chi connectivity index (χ3v) is 9.87. The molecular formula is C47H39N. The fourth-order valence-corrected chi connectivity index (χ4v) is 7.73. The Balaban J connectivity index is 1.34. The van der Waals surface area contributed by atoms with Crippen molar-refractivity contribution in [2.45, 2.75) is 32.6 Å². The molecule has 1 aliphatic rings. The molecule has 0 radical (unpaired) electrons. The van der Waals surface area contributed by atoms with Crippen molar-refractivity contribution in [2.24, 2.45) is 5.92 Å². The van der Waals surface area contributed by atoms with Gasteiger partial charge >= 0.3 is 0 Å². The van der Waals surface area contributed by atoms with E-state index in [9.17, 15) is 0 Å². The summed E-state index contributed by atoms with van der Waals surface area (Å²) in [6.45, 7) is 4.49. The fourth-order valence-electron chi connectivity index (χ4n) is 7.73. The van der Waals surface area contributed by atoms with E-state index in [1.54, 1.807) is 0 Å². The molecule has 232 valence electrons. The van der Waals surface area contributed by atoms with E-state index in [1.807, 2.05) is 18.3 Å². The predicted molar refractivity (Wildman–Crippen MR) is 206 cm³/mol. The third kappa shape index (κ3) is 5.56. The highest BCUT2D eigenvalue weighted by Gasteiger charge is 2.21. The van der Waals surface area contributed by atoms with Crippen LogP contribution in [-0.2, 0) is 0 Å². The maximum atomic E-state index is 4.61. The first kappa shape index (κ1) is 29.8. The molecule has 0 amide bonds. The minimum absolute atomic E-state index is 0.318. The maximum Gasteiger partial charge on any atom is 0.0702 e. The quantitative estimate of drug-likeness (QED) is 0.141. The minimum Gasteiger partial charge on any atom is -0.256 e. The van der Waals surface area contributed by atoms with Crippen LogP contribution >= 0.6 is 0 Å². The number of hydrogen-bond acceptors (Lipinski definition) is 1. The van der Waals surface area contributed by atoms with Crippen molar-refractivity contribution in [3.8, 4) is 33.5 Å². The Morgan fingerprint density at radius 2 is 1.21 bits per heavy atom. The predicted octanol–water partition coefficient (Wildman–Crippen LogP) is 13.1. The molecule has 0 aliphatic heterocycles.